The fourth-order valence-electron chi connectivity index (χ4n) is 10.7. The first kappa shape index (κ1) is 46.0. The molecule has 1 spiro atoms. The number of ketones is 3. The smallest absolute Gasteiger partial charge is 0.415 e. The normalized spacial score (nSPS) is 26.6. The van der Waals surface area contributed by atoms with Gasteiger partial charge >= 0.3 is 6.09 Å². The number of methoxy groups -OCH3 is 2. The zero-order valence-electron chi connectivity index (χ0n) is 36.6. The number of hydrogen-bond donors (Lipinski definition) is 3. The van der Waals surface area contributed by atoms with E-state index in [1.807, 2.05) is 12.1 Å². The zero-order valence-corrected chi connectivity index (χ0v) is 36.6. The molecule has 5 aliphatic rings. The van der Waals surface area contributed by atoms with E-state index in [0.717, 1.165) is 25.1 Å². The average Bonchev–Trinajstić information content (AvgIpc) is 3.59. The topological polar surface area (TPSA) is 214 Å². The van der Waals surface area contributed by atoms with E-state index in [9.17, 15) is 24.0 Å². The lowest BCUT2D eigenvalue weighted by Gasteiger charge is -2.63. The maximum Gasteiger partial charge on any atom is 0.415 e. The molecule has 2 fully saturated rings. The second-order valence-electron chi connectivity index (χ2n) is 17.7. The summed E-state index contributed by atoms with van der Waals surface area (Å²) in [4.78, 5) is 74.6. The zero-order chi connectivity index (χ0) is 43.9. The molecule has 0 aromatic heterocycles. The molecule has 5 N–H and O–H groups in total. The van der Waals surface area contributed by atoms with Crippen LogP contribution in [0.1, 0.15) is 102 Å². The van der Waals surface area contributed by atoms with Crippen LogP contribution in [0.5, 0.6) is 11.5 Å². The molecule has 2 saturated heterocycles. The van der Waals surface area contributed by atoms with Gasteiger partial charge in [-0.25, -0.2) is 4.79 Å². The van der Waals surface area contributed by atoms with Crippen molar-refractivity contribution in [3.8, 4) is 11.5 Å². The molecule has 2 aliphatic carbocycles. The van der Waals surface area contributed by atoms with Crippen molar-refractivity contribution in [2.24, 2.45) is 27.8 Å². The molecule has 16 heteroatoms. The number of benzene rings is 1. The van der Waals surface area contributed by atoms with Gasteiger partial charge in [0.05, 0.1) is 31.8 Å². The average molecular weight is 851 g/mol. The van der Waals surface area contributed by atoms with E-state index < -0.39 is 35.6 Å². The van der Waals surface area contributed by atoms with Crippen LogP contribution in [0.4, 0.5) is 4.79 Å². The molecule has 6 rings (SSSR count). The van der Waals surface area contributed by atoms with E-state index in [1.165, 1.54) is 18.1 Å². The largest absolute Gasteiger partial charge is 0.493 e. The Kier molecular flexibility index (Phi) is 15.1. The fraction of sp³-hybridized carbons (Fsp3) is 0.689. The number of nitrogens with two attached hydrogens (primary N) is 2. The molecule has 2 bridgehead atoms. The first-order valence-electron chi connectivity index (χ1n) is 22.0. The number of amides is 2. The molecule has 1 aromatic carbocycles. The van der Waals surface area contributed by atoms with E-state index in [4.69, 9.17) is 35.2 Å². The molecule has 3 heterocycles. The number of likely N-dealkylation sites (N-methyl/N-ethyl adjacent to an activating group) is 1. The summed E-state index contributed by atoms with van der Waals surface area (Å²) in [6.07, 6.45) is 6.16. The van der Waals surface area contributed by atoms with Gasteiger partial charge in [0.1, 0.15) is 17.3 Å². The number of Topliss-reactive ketones (excluding diaryl/α,β-unsaturated/α-hetero) is 3. The summed E-state index contributed by atoms with van der Waals surface area (Å²) < 4.78 is 29.8. The van der Waals surface area contributed by atoms with Crippen molar-refractivity contribution < 1.29 is 47.7 Å². The van der Waals surface area contributed by atoms with Crippen LogP contribution in [0.15, 0.2) is 29.0 Å². The molecule has 7 atom stereocenters. The lowest BCUT2D eigenvalue weighted by molar-refractivity contribution is -0.129. The number of hydrogen-bond acceptors (Lipinski definition) is 12. The molecule has 61 heavy (non-hydrogen) atoms. The minimum atomic E-state index is -0.842. The molecule has 0 radical (unpaired) electrons. The summed E-state index contributed by atoms with van der Waals surface area (Å²) >= 11 is 0. The van der Waals surface area contributed by atoms with Gasteiger partial charge in [0.25, 0.3) is 0 Å². The van der Waals surface area contributed by atoms with Crippen molar-refractivity contribution in [2.75, 3.05) is 60.7 Å². The van der Waals surface area contributed by atoms with Crippen molar-refractivity contribution >= 4 is 35.3 Å². The van der Waals surface area contributed by atoms with Crippen LogP contribution in [0.2, 0.25) is 0 Å². The monoisotopic (exact) mass is 850 g/mol. The van der Waals surface area contributed by atoms with Crippen LogP contribution in [0.3, 0.4) is 0 Å². The van der Waals surface area contributed by atoms with Gasteiger partial charge in [0, 0.05) is 81.5 Å². The number of nitrogens with zero attached hydrogens (tertiary/aromatic N) is 3. The highest BCUT2D eigenvalue weighted by atomic mass is 16.6. The Balaban J connectivity index is 1.20. The highest BCUT2D eigenvalue weighted by Gasteiger charge is 2.70. The van der Waals surface area contributed by atoms with Gasteiger partial charge in [0.2, 0.25) is 5.91 Å². The summed E-state index contributed by atoms with van der Waals surface area (Å²) in [5.74, 6) is 0.836. The van der Waals surface area contributed by atoms with Crippen molar-refractivity contribution in [3.63, 3.8) is 0 Å². The maximum atomic E-state index is 14.5. The van der Waals surface area contributed by atoms with E-state index in [-0.39, 0.29) is 85.9 Å². The molecular formula is C45H66N6O10. The summed E-state index contributed by atoms with van der Waals surface area (Å²) in [6.45, 7) is 6.55. The standard InChI is InChI=1S/C45H66N6O10/c1-28(52)10-15-38(55)49-32(8-6-20-48-42(46)47)34(54)13-12-31-26-29(33(53)9-7-23-59-25-24-57-4)17-21-51(31)43(56)60-36-16-18-44(2)37-27-30-11-14-35(58-5)40-39(30)45(44,41(36)61-40)19-22-50(37)3/h11,14,16,29,31-32,37,41H,6-10,12-13,15,17-27H2,1-5H3,(H,49,55)(H4,46,47,48)/t29?,31?,32-,37+,41-,44-,45-/m0/s1. The molecule has 2 amide bonds. The van der Waals surface area contributed by atoms with Crippen LogP contribution in [-0.2, 0) is 45.2 Å². The predicted molar refractivity (Wildman–Crippen MR) is 227 cm³/mol. The lowest BCUT2D eigenvalue weighted by atomic mass is 9.45. The SMILES string of the molecule is COCCOCCCC(=O)C1CCN(C(=O)OC2=CC[C@@]3(C)[C@H]4Cc5ccc(OC)c6c5[C@@]3(CCN4C)[C@H]2O6)C(CCC(=O)[C@H](CCCN=C(N)N)NC(=O)CCC(C)=O)C1. The third-order valence-corrected chi connectivity index (χ3v) is 14.0. The van der Waals surface area contributed by atoms with E-state index in [2.05, 4.69) is 35.2 Å². The van der Waals surface area contributed by atoms with Crippen molar-refractivity contribution in [3.05, 3.63) is 35.1 Å². The number of ether oxygens (including phenoxy) is 5. The number of carbonyl (C=O) groups excluding carboxylic acids is 5. The van der Waals surface area contributed by atoms with Crippen LogP contribution in [0, 0.1) is 11.3 Å². The van der Waals surface area contributed by atoms with Crippen LogP contribution in [-0.4, -0.2) is 130 Å². The highest BCUT2D eigenvalue weighted by Crippen LogP contribution is 2.68. The third-order valence-electron chi connectivity index (χ3n) is 14.0. The number of guanidine groups is 1. The van der Waals surface area contributed by atoms with Crippen molar-refractivity contribution in [1.29, 1.82) is 0 Å². The Morgan fingerprint density at radius 3 is 2.57 bits per heavy atom. The number of piperidine rings is 2. The summed E-state index contributed by atoms with van der Waals surface area (Å²) in [5, 5.41) is 2.81. The Morgan fingerprint density at radius 1 is 1.03 bits per heavy atom. The second kappa shape index (κ2) is 20.1. The first-order chi connectivity index (χ1) is 29.2. The van der Waals surface area contributed by atoms with Gasteiger partial charge in [-0.2, -0.15) is 0 Å². The minimum Gasteiger partial charge on any atom is -0.493 e. The Labute approximate surface area is 359 Å². The van der Waals surface area contributed by atoms with Crippen LogP contribution >= 0.6 is 0 Å². The molecule has 2 unspecified atom stereocenters. The Hall–Kier alpha value is -4.54. The van der Waals surface area contributed by atoms with Crippen LogP contribution < -0.4 is 26.3 Å². The quantitative estimate of drug-likeness (QED) is 0.0863. The van der Waals surface area contributed by atoms with Gasteiger partial charge < -0.3 is 55.1 Å². The minimum absolute atomic E-state index is 0.0331. The number of rotatable bonds is 22. The number of likely N-dealkylation sites (tertiary alicyclic amines) is 2. The maximum absolute atomic E-state index is 14.5. The molecular weight excluding hydrogens is 785 g/mol. The number of allylic oxidation sites excluding steroid dienone is 1. The van der Waals surface area contributed by atoms with Gasteiger partial charge in [-0.05, 0) is 96.0 Å². The third kappa shape index (κ3) is 9.76. The Morgan fingerprint density at radius 2 is 1.84 bits per heavy atom. The second-order valence-corrected chi connectivity index (χ2v) is 17.7. The fourth-order valence-corrected chi connectivity index (χ4v) is 10.7. The van der Waals surface area contributed by atoms with Gasteiger partial charge in [-0.3, -0.25) is 19.4 Å². The summed E-state index contributed by atoms with van der Waals surface area (Å²) in [5.41, 5.74) is 12.8. The molecule has 16 nitrogen and oxygen atoms in total. The molecule has 336 valence electrons. The van der Waals surface area contributed by atoms with E-state index >= 15 is 0 Å². The first-order valence-corrected chi connectivity index (χ1v) is 22.0. The van der Waals surface area contributed by atoms with Gasteiger partial charge in [0.15, 0.2) is 29.3 Å². The van der Waals surface area contributed by atoms with Crippen molar-refractivity contribution in [1.82, 2.24) is 15.1 Å². The Bertz CT molecular complexity index is 1870. The van der Waals surface area contributed by atoms with Gasteiger partial charge in [-0.1, -0.05) is 13.0 Å². The number of carbonyl (C=O) groups is 5. The molecule has 0 saturated carbocycles. The van der Waals surface area contributed by atoms with Crippen molar-refractivity contribution in [2.45, 2.75) is 127 Å². The predicted octanol–water partition coefficient (Wildman–Crippen LogP) is 3.73. The number of aliphatic imine (C=N–C) groups is 1. The summed E-state index contributed by atoms with van der Waals surface area (Å²) in [6, 6.07) is 3.06. The molecule has 3 aliphatic heterocycles. The number of nitrogens with one attached hydrogen (secondary N) is 1. The lowest BCUT2D eigenvalue weighted by Crippen LogP contribution is -2.69. The molecule has 1 aromatic rings. The van der Waals surface area contributed by atoms with E-state index in [1.54, 1.807) is 19.1 Å². The van der Waals surface area contributed by atoms with Gasteiger partial charge in [-0.15, -0.1) is 0 Å². The summed E-state index contributed by atoms with van der Waals surface area (Å²) in [7, 11) is 5.44. The van der Waals surface area contributed by atoms with Crippen LogP contribution in [0.25, 0.3) is 0 Å². The highest BCUT2D eigenvalue weighted by molar-refractivity contribution is 5.90. The van der Waals surface area contributed by atoms with E-state index in [0.29, 0.717) is 69.9 Å².